The van der Waals surface area contributed by atoms with Gasteiger partial charge in [-0.3, -0.25) is 4.21 Å². The van der Waals surface area contributed by atoms with Crippen LogP contribution in [0.5, 0.6) is 0 Å². The molecule has 1 aromatic carbocycles. The van der Waals surface area contributed by atoms with E-state index >= 15 is 0 Å². The van der Waals surface area contributed by atoms with Crippen LogP contribution in [0.1, 0.15) is 25.5 Å². The van der Waals surface area contributed by atoms with Gasteiger partial charge in [0.2, 0.25) is 0 Å². The van der Waals surface area contributed by atoms with E-state index in [0.717, 1.165) is 11.0 Å². The molecule has 0 bridgehead atoms. The standard InChI is InChI=1S/C12H18BrNOS/c1-9(16(3)15)8-14-10(2)11-6-4-5-7-12(11)13/h4-7,9-10,14H,8H2,1-3H3/t9-,10-,16-/m0/s1. The average Bonchev–Trinajstić information content (AvgIpc) is 2.25. The second kappa shape index (κ2) is 6.52. The summed E-state index contributed by atoms with van der Waals surface area (Å²) in [5.74, 6) is 0. The highest BCUT2D eigenvalue weighted by Crippen LogP contribution is 2.22. The number of rotatable bonds is 5. The summed E-state index contributed by atoms with van der Waals surface area (Å²) in [6, 6.07) is 8.43. The second-order valence-corrected chi connectivity index (χ2v) is 6.62. The highest BCUT2D eigenvalue weighted by Gasteiger charge is 2.11. The summed E-state index contributed by atoms with van der Waals surface area (Å²) >= 11 is 3.53. The molecule has 16 heavy (non-hydrogen) atoms. The summed E-state index contributed by atoms with van der Waals surface area (Å²) < 4.78 is 12.3. The predicted molar refractivity (Wildman–Crippen MR) is 74.1 cm³/mol. The summed E-state index contributed by atoms with van der Waals surface area (Å²) in [4.78, 5) is 0. The van der Waals surface area contributed by atoms with E-state index in [1.807, 2.05) is 25.1 Å². The van der Waals surface area contributed by atoms with E-state index in [1.165, 1.54) is 5.56 Å². The quantitative estimate of drug-likeness (QED) is 0.906. The molecular formula is C12H18BrNOS. The van der Waals surface area contributed by atoms with Gasteiger partial charge in [0.1, 0.15) is 0 Å². The molecule has 2 nitrogen and oxygen atoms in total. The molecule has 1 aromatic rings. The Balaban J connectivity index is 2.56. The zero-order chi connectivity index (χ0) is 12.1. The van der Waals surface area contributed by atoms with Crippen LogP contribution in [-0.4, -0.2) is 22.3 Å². The van der Waals surface area contributed by atoms with Crippen molar-refractivity contribution in [2.45, 2.75) is 25.1 Å². The van der Waals surface area contributed by atoms with E-state index < -0.39 is 10.8 Å². The summed E-state index contributed by atoms with van der Waals surface area (Å²) in [6.07, 6.45) is 1.75. The molecule has 0 fully saturated rings. The molecule has 0 saturated carbocycles. The maximum atomic E-state index is 11.2. The van der Waals surface area contributed by atoms with Crippen LogP contribution in [-0.2, 0) is 10.8 Å². The van der Waals surface area contributed by atoms with Crippen LogP contribution in [0, 0.1) is 0 Å². The van der Waals surface area contributed by atoms with Gasteiger partial charge in [0.25, 0.3) is 0 Å². The monoisotopic (exact) mass is 303 g/mol. The van der Waals surface area contributed by atoms with E-state index in [-0.39, 0.29) is 11.3 Å². The Morgan fingerprint density at radius 2 is 2.00 bits per heavy atom. The lowest BCUT2D eigenvalue weighted by molar-refractivity contribution is 0.567. The summed E-state index contributed by atoms with van der Waals surface area (Å²) in [7, 11) is -0.763. The number of hydrogen-bond acceptors (Lipinski definition) is 2. The Hall–Kier alpha value is -0.190. The van der Waals surface area contributed by atoms with Crippen molar-refractivity contribution < 1.29 is 4.21 Å². The molecule has 90 valence electrons. The largest absolute Gasteiger partial charge is 0.309 e. The Morgan fingerprint density at radius 3 is 2.56 bits per heavy atom. The van der Waals surface area contributed by atoms with E-state index in [1.54, 1.807) is 6.26 Å². The third-order valence-electron chi connectivity index (χ3n) is 2.65. The first kappa shape index (κ1) is 13.9. The number of halogens is 1. The SMILES string of the molecule is C[C@H](NC[C@H](C)[S@](C)=O)c1ccccc1Br. The molecule has 0 saturated heterocycles. The minimum absolute atomic E-state index is 0.185. The number of nitrogens with one attached hydrogen (secondary N) is 1. The molecular weight excluding hydrogens is 286 g/mol. The molecule has 1 rings (SSSR count). The zero-order valence-corrected chi connectivity index (χ0v) is 12.3. The molecule has 0 aliphatic heterocycles. The molecule has 0 radical (unpaired) electrons. The normalized spacial score (nSPS) is 16.8. The van der Waals surface area contributed by atoms with E-state index in [0.29, 0.717) is 0 Å². The number of hydrogen-bond donors (Lipinski definition) is 1. The molecule has 1 N–H and O–H groups in total. The van der Waals surface area contributed by atoms with Crippen LogP contribution < -0.4 is 5.32 Å². The predicted octanol–water partition coefficient (Wildman–Crippen LogP) is 2.87. The van der Waals surface area contributed by atoms with Gasteiger partial charge < -0.3 is 5.32 Å². The Morgan fingerprint density at radius 1 is 1.38 bits per heavy atom. The van der Waals surface area contributed by atoms with Gasteiger partial charge in [-0.2, -0.15) is 0 Å². The van der Waals surface area contributed by atoms with Crippen LogP contribution in [0.3, 0.4) is 0 Å². The third kappa shape index (κ3) is 4.00. The van der Waals surface area contributed by atoms with Crippen LogP contribution in [0.2, 0.25) is 0 Å². The third-order valence-corrected chi connectivity index (χ3v) is 4.67. The summed E-state index contributed by atoms with van der Waals surface area (Å²) in [6.45, 7) is 4.88. The lowest BCUT2D eigenvalue weighted by Crippen LogP contribution is -2.29. The first-order chi connectivity index (χ1) is 7.52. The van der Waals surface area contributed by atoms with Gasteiger partial charge >= 0.3 is 0 Å². The van der Waals surface area contributed by atoms with Crippen molar-refractivity contribution in [3.63, 3.8) is 0 Å². The lowest BCUT2D eigenvalue weighted by atomic mass is 10.1. The van der Waals surface area contributed by atoms with Gasteiger partial charge in [-0.1, -0.05) is 34.1 Å². The molecule has 0 unspecified atom stereocenters. The summed E-state index contributed by atoms with van der Waals surface area (Å²) in [5.41, 5.74) is 1.23. The van der Waals surface area contributed by atoms with Crippen molar-refractivity contribution in [2.75, 3.05) is 12.8 Å². The summed E-state index contributed by atoms with van der Waals surface area (Å²) in [5, 5.41) is 3.58. The van der Waals surface area contributed by atoms with Gasteiger partial charge in [0, 0.05) is 39.4 Å². The molecule has 4 heteroatoms. The maximum Gasteiger partial charge on any atom is 0.0441 e. The van der Waals surface area contributed by atoms with Crippen molar-refractivity contribution in [2.24, 2.45) is 0 Å². The molecule has 0 aliphatic carbocycles. The first-order valence-electron chi connectivity index (χ1n) is 5.32. The maximum absolute atomic E-state index is 11.2. The van der Waals surface area contributed by atoms with Crippen molar-refractivity contribution in [1.82, 2.24) is 5.32 Å². The van der Waals surface area contributed by atoms with Crippen LogP contribution in [0.15, 0.2) is 28.7 Å². The van der Waals surface area contributed by atoms with Gasteiger partial charge in [-0.05, 0) is 25.5 Å². The van der Waals surface area contributed by atoms with Crippen molar-refractivity contribution >= 4 is 26.7 Å². The smallest absolute Gasteiger partial charge is 0.0441 e. The van der Waals surface area contributed by atoms with Gasteiger partial charge in [-0.25, -0.2) is 0 Å². The topological polar surface area (TPSA) is 29.1 Å². The molecule has 3 atom stereocenters. The van der Waals surface area contributed by atoms with Gasteiger partial charge in [-0.15, -0.1) is 0 Å². The van der Waals surface area contributed by atoms with E-state index in [2.05, 4.69) is 34.2 Å². The Bertz CT molecular complexity index is 370. The fraction of sp³-hybridized carbons (Fsp3) is 0.500. The van der Waals surface area contributed by atoms with Crippen LogP contribution >= 0.6 is 15.9 Å². The van der Waals surface area contributed by atoms with Gasteiger partial charge in [0.15, 0.2) is 0 Å². The van der Waals surface area contributed by atoms with Gasteiger partial charge in [0.05, 0.1) is 0 Å². The Kier molecular flexibility index (Phi) is 5.66. The van der Waals surface area contributed by atoms with Crippen molar-refractivity contribution in [1.29, 1.82) is 0 Å². The molecule has 0 aromatic heterocycles. The zero-order valence-electron chi connectivity index (χ0n) is 9.87. The molecule has 0 aliphatic rings. The number of benzene rings is 1. The molecule has 0 heterocycles. The first-order valence-corrected chi connectivity index (χ1v) is 7.74. The minimum atomic E-state index is -0.763. The van der Waals surface area contributed by atoms with Crippen LogP contribution in [0.25, 0.3) is 0 Å². The molecule has 0 spiro atoms. The Labute approximate surface area is 108 Å². The van der Waals surface area contributed by atoms with E-state index in [4.69, 9.17) is 0 Å². The average molecular weight is 304 g/mol. The van der Waals surface area contributed by atoms with Crippen molar-refractivity contribution in [3.8, 4) is 0 Å². The fourth-order valence-corrected chi connectivity index (χ4v) is 2.36. The fourth-order valence-electron chi connectivity index (χ4n) is 1.40. The molecule has 0 amide bonds. The highest BCUT2D eigenvalue weighted by molar-refractivity contribution is 9.10. The van der Waals surface area contributed by atoms with E-state index in [9.17, 15) is 4.21 Å². The second-order valence-electron chi connectivity index (χ2n) is 3.96. The van der Waals surface area contributed by atoms with Crippen LogP contribution in [0.4, 0.5) is 0 Å². The van der Waals surface area contributed by atoms with Crippen molar-refractivity contribution in [3.05, 3.63) is 34.3 Å². The lowest BCUT2D eigenvalue weighted by Gasteiger charge is -2.18. The highest BCUT2D eigenvalue weighted by atomic mass is 79.9. The minimum Gasteiger partial charge on any atom is -0.309 e.